The second kappa shape index (κ2) is 5.50. The summed E-state index contributed by atoms with van der Waals surface area (Å²) in [4.78, 5) is 12.5. The molecule has 0 aliphatic rings. The molecule has 0 fully saturated rings. The summed E-state index contributed by atoms with van der Waals surface area (Å²) in [5.41, 5.74) is -1.30. The lowest BCUT2D eigenvalue weighted by atomic mass is 10.4. The number of rotatable bonds is 3. The van der Waals surface area contributed by atoms with Gasteiger partial charge in [0.15, 0.2) is 11.3 Å². The summed E-state index contributed by atoms with van der Waals surface area (Å²) < 4.78 is 28.2. The lowest BCUT2D eigenvalue weighted by Gasteiger charge is -2.15. The molecule has 0 spiro atoms. The summed E-state index contributed by atoms with van der Waals surface area (Å²) in [5.74, 6) is 2.61. The zero-order valence-electron chi connectivity index (χ0n) is 11.2. The summed E-state index contributed by atoms with van der Waals surface area (Å²) in [7, 11) is -3.26. The van der Waals surface area contributed by atoms with Gasteiger partial charge in [-0.05, 0) is 37.1 Å². The van der Waals surface area contributed by atoms with Gasteiger partial charge in [0.25, 0.3) is 0 Å². The van der Waals surface area contributed by atoms with Crippen molar-refractivity contribution in [2.45, 2.75) is 18.4 Å². The number of hydrogen-bond acceptors (Lipinski definition) is 3. The van der Waals surface area contributed by atoms with E-state index in [1.54, 1.807) is 6.92 Å². The first-order chi connectivity index (χ1) is 9.78. The summed E-state index contributed by atoms with van der Waals surface area (Å²) in [5, 5.41) is 7.96. The van der Waals surface area contributed by atoms with E-state index >= 15 is 0 Å². The van der Waals surface area contributed by atoms with Gasteiger partial charge in [-0.3, -0.25) is 9.98 Å². The van der Waals surface area contributed by atoms with Crippen LogP contribution in [0, 0.1) is 11.2 Å². The number of aromatic nitrogens is 2. The lowest BCUT2D eigenvalue weighted by molar-refractivity contribution is 0.525. The molecule has 0 aliphatic heterocycles. The molecule has 1 unspecified atom stereocenters. The Labute approximate surface area is 125 Å². The molecule has 1 heterocycles. The topological polar surface area (TPSA) is 67.8 Å². The van der Waals surface area contributed by atoms with Gasteiger partial charge in [-0.2, -0.15) is 0 Å². The molecule has 0 bridgehead atoms. The predicted molar refractivity (Wildman–Crippen MR) is 80.6 cm³/mol. The van der Waals surface area contributed by atoms with Crippen molar-refractivity contribution in [2.24, 2.45) is 0 Å². The maximum absolute atomic E-state index is 13.8. The van der Waals surface area contributed by atoms with Gasteiger partial charge < -0.3 is 0 Å². The van der Waals surface area contributed by atoms with Crippen molar-refractivity contribution in [3.8, 4) is 0 Å². The fraction of sp³-hybridized carbons (Fsp3) is 0.154. The number of halogens is 2. The third kappa shape index (κ3) is 2.66. The van der Waals surface area contributed by atoms with E-state index in [-0.39, 0.29) is 11.4 Å². The highest BCUT2D eigenvalue weighted by Crippen LogP contribution is 2.15. The zero-order chi connectivity index (χ0) is 15.8. The maximum atomic E-state index is 13.8. The Morgan fingerprint density at radius 3 is 2.48 bits per heavy atom. The minimum Gasteiger partial charge on any atom is -0.282 e. The molecule has 0 aliphatic carbocycles. The first kappa shape index (κ1) is 15.5. The monoisotopic (exact) mass is 329 g/mol. The van der Waals surface area contributed by atoms with E-state index in [1.807, 2.05) is 0 Å². The largest absolute Gasteiger partial charge is 0.341 e. The third-order valence-corrected chi connectivity index (χ3v) is 5.12. The third-order valence-electron chi connectivity index (χ3n) is 2.96. The average molecular weight is 330 g/mol. The standard InChI is InChI=1S/C13H13ClFN3O2S/c1-3-17-12(16)11(15)8-18(13(17)19)21(2,20)10-6-4-9(14)5-7-10/h4-8,16H,2-3H2,1H3. The Hall–Kier alpha value is -1.86. The fourth-order valence-corrected chi connectivity index (χ4v) is 3.36. The predicted octanol–water partition coefficient (Wildman–Crippen LogP) is 1.48. The molecule has 2 aromatic rings. The minimum atomic E-state index is -3.26. The number of nitrogens with one attached hydrogen (secondary N) is 1. The van der Waals surface area contributed by atoms with E-state index in [9.17, 15) is 13.4 Å². The van der Waals surface area contributed by atoms with E-state index in [0.29, 0.717) is 5.02 Å². The zero-order valence-corrected chi connectivity index (χ0v) is 12.7. The Balaban J connectivity index is 2.77. The van der Waals surface area contributed by atoms with Gasteiger partial charge in [-0.1, -0.05) is 11.6 Å². The minimum absolute atomic E-state index is 0.0889. The van der Waals surface area contributed by atoms with Crippen LogP contribution in [-0.4, -0.2) is 18.6 Å². The van der Waals surface area contributed by atoms with Crippen LogP contribution in [0.4, 0.5) is 4.39 Å². The second-order valence-electron chi connectivity index (χ2n) is 4.27. The van der Waals surface area contributed by atoms with Crippen LogP contribution in [0.15, 0.2) is 40.2 Å². The molecule has 0 radical (unpaired) electrons. The molecule has 0 saturated heterocycles. The van der Waals surface area contributed by atoms with Crippen molar-refractivity contribution in [3.63, 3.8) is 0 Å². The summed E-state index contributed by atoms with van der Waals surface area (Å²) >= 11 is 5.76. The van der Waals surface area contributed by atoms with Crippen molar-refractivity contribution >= 4 is 27.2 Å². The highest BCUT2D eigenvalue weighted by atomic mass is 35.5. The molecular weight excluding hydrogens is 317 g/mol. The molecule has 1 aromatic heterocycles. The van der Waals surface area contributed by atoms with Gasteiger partial charge >= 0.3 is 5.69 Å². The van der Waals surface area contributed by atoms with Gasteiger partial charge in [0.2, 0.25) is 0 Å². The molecule has 1 N–H and O–H groups in total. The van der Waals surface area contributed by atoms with Crippen LogP contribution in [0.25, 0.3) is 0 Å². The van der Waals surface area contributed by atoms with Crippen molar-refractivity contribution in [2.75, 3.05) is 0 Å². The van der Waals surface area contributed by atoms with Crippen LogP contribution in [0.1, 0.15) is 6.92 Å². The van der Waals surface area contributed by atoms with Crippen molar-refractivity contribution in [1.82, 2.24) is 8.54 Å². The Bertz CT molecular complexity index is 898. The summed E-state index contributed by atoms with van der Waals surface area (Å²) in [6.07, 6.45) is 0.751. The molecule has 8 heteroatoms. The summed E-state index contributed by atoms with van der Waals surface area (Å²) in [6, 6.07) is 5.95. The number of hydrogen-bond donors (Lipinski definition) is 1. The van der Waals surface area contributed by atoms with Crippen LogP contribution in [0.5, 0.6) is 0 Å². The lowest BCUT2D eigenvalue weighted by Crippen LogP contribution is -2.43. The maximum Gasteiger partial charge on any atom is 0.341 e. The molecule has 21 heavy (non-hydrogen) atoms. The molecule has 2 rings (SSSR count). The number of benzene rings is 1. The van der Waals surface area contributed by atoms with E-state index in [0.717, 1.165) is 14.7 Å². The molecule has 1 aromatic carbocycles. The van der Waals surface area contributed by atoms with Crippen molar-refractivity contribution < 1.29 is 8.60 Å². The highest BCUT2D eigenvalue weighted by Gasteiger charge is 2.16. The SMILES string of the molecule is C=S(=O)(c1ccc(Cl)cc1)n1cc(F)c(=N)n(CC)c1=O. The van der Waals surface area contributed by atoms with Gasteiger partial charge in [0.1, 0.15) is 0 Å². The average Bonchev–Trinajstić information content (AvgIpc) is 2.44. The van der Waals surface area contributed by atoms with Crippen LogP contribution in [-0.2, 0) is 16.3 Å². The van der Waals surface area contributed by atoms with E-state index < -0.39 is 26.7 Å². The van der Waals surface area contributed by atoms with Gasteiger partial charge in [0, 0.05) is 11.6 Å². The number of nitrogens with zero attached hydrogens (tertiary/aromatic N) is 2. The normalized spacial score (nSPS) is 13.9. The highest BCUT2D eigenvalue weighted by molar-refractivity contribution is 7.98. The molecular formula is C13H13ClFN3O2S. The van der Waals surface area contributed by atoms with Crippen LogP contribution in [0.3, 0.4) is 0 Å². The van der Waals surface area contributed by atoms with Gasteiger partial charge in [-0.25, -0.2) is 17.4 Å². The molecule has 0 saturated carbocycles. The van der Waals surface area contributed by atoms with E-state index in [4.69, 9.17) is 17.0 Å². The second-order valence-corrected chi connectivity index (χ2v) is 6.85. The molecule has 112 valence electrons. The Kier molecular flexibility index (Phi) is 4.06. The van der Waals surface area contributed by atoms with Crippen LogP contribution < -0.4 is 11.2 Å². The van der Waals surface area contributed by atoms with Crippen molar-refractivity contribution in [3.05, 3.63) is 57.3 Å². The van der Waals surface area contributed by atoms with E-state index in [2.05, 4.69) is 5.87 Å². The Morgan fingerprint density at radius 2 is 1.95 bits per heavy atom. The fourth-order valence-electron chi connectivity index (χ4n) is 1.83. The molecule has 5 nitrogen and oxygen atoms in total. The van der Waals surface area contributed by atoms with Crippen LogP contribution in [0.2, 0.25) is 5.02 Å². The molecule has 1 atom stereocenters. The first-order valence-corrected chi connectivity index (χ1v) is 8.05. The van der Waals surface area contributed by atoms with Gasteiger partial charge in [0.05, 0.1) is 20.8 Å². The first-order valence-electron chi connectivity index (χ1n) is 5.99. The van der Waals surface area contributed by atoms with E-state index in [1.165, 1.54) is 24.3 Å². The van der Waals surface area contributed by atoms with Gasteiger partial charge in [-0.15, -0.1) is 0 Å². The summed E-state index contributed by atoms with van der Waals surface area (Å²) in [6.45, 7) is 1.68. The Morgan fingerprint density at radius 1 is 1.38 bits per heavy atom. The van der Waals surface area contributed by atoms with Crippen molar-refractivity contribution in [1.29, 1.82) is 5.41 Å². The quantitative estimate of drug-likeness (QED) is 0.867. The smallest absolute Gasteiger partial charge is 0.282 e. The molecule has 0 amide bonds. The van der Waals surface area contributed by atoms with Crippen LogP contribution >= 0.6 is 11.6 Å².